The summed E-state index contributed by atoms with van der Waals surface area (Å²) in [6.07, 6.45) is -1.66. The summed E-state index contributed by atoms with van der Waals surface area (Å²) >= 11 is 3.29. The zero-order chi connectivity index (χ0) is 13.7. The minimum Gasteiger partial charge on any atom is -0.460 e. The molecule has 1 rings (SSSR count). The number of carbonyl (C=O) groups is 2. The maximum Gasteiger partial charge on any atom is 0.303 e. The molecule has 1 heterocycles. The lowest BCUT2D eigenvalue weighted by atomic mass is 10.0. The lowest BCUT2D eigenvalue weighted by molar-refractivity contribution is -0.259. The number of esters is 2. The van der Waals surface area contributed by atoms with Crippen molar-refractivity contribution in [1.82, 2.24) is 0 Å². The van der Waals surface area contributed by atoms with Crippen LogP contribution in [-0.2, 0) is 28.5 Å². The average molecular weight is 325 g/mol. The van der Waals surface area contributed by atoms with E-state index in [2.05, 4.69) is 15.9 Å². The van der Waals surface area contributed by atoms with Crippen LogP contribution in [0.4, 0.5) is 0 Å². The molecule has 0 amide bonds. The van der Waals surface area contributed by atoms with Gasteiger partial charge in [0.1, 0.15) is 12.2 Å². The van der Waals surface area contributed by atoms with E-state index in [1.165, 1.54) is 21.0 Å². The van der Waals surface area contributed by atoms with Gasteiger partial charge in [-0.1, -0.05) is 15.9 Å². The molecule has 1 saturated heterocycles. The lowest BCUT2D eigenvalue weighted by Gasteiger charge is -2.38. The van der Waals surface area contributed by atoms with Crippen LogP contribution in [0.3, 0.4) is 0 Å². The van der Waals surface area contributed by atoms with Gasteiger partial charge in [0.25, 0.3) is 0 Å². The molecule has 1 aliphatic rings. The van der Waals surface area contributed by atoms with Crippen LogP contribution in [0.1, 0.15) is 20.3 Å². The van der Waals surface area contributed by atoms with E-state index in [9.17, 15) is 9.59 Å². The molecule has 1 fully saturated rings. The monoisotopic (exact) mass is 324 g/mol. The van der Waals surface area contributed by atoms with E-state index in [4.69, 9.17) is 18.9 Å². The van der Waals surface area contributed by atoms with Crippen molar-refractivity contribution < 1.29 is 28.5 Å². The molecule has 0 spiro atoms. The van der Waals surface area contributed by atoms with Crippen molar-refractivity contribution in [2.24, 2.45) is 0 Å². The van der Waals surface area contributed by atoms with Crippen LogP contribution in [0, 0.1) is 0 Å². The molecule has 0 aromatic carbocycles. The molecule has 6 nitrogen and oxygen atoms in total. The summed E-state index contributed by atoms with van der Waals surface area (Å²) in [4.78, 5) is 22.0. The molecule has 7 heteroatoms. The van der Waals surface area contributed by atoms with Gasteiger partial charge in [0.05, 0.1) is 0 Å². The van der Waals surface area contributed by atoms with Crippen LogP contribution >= 0.6 is 15.9 Å². The van der Waals surface area contributed by atoms with Crippen LogP contribution in [0.25, 0.3) is 0 Å². The minimum absolute atomic E-state index is 0.328. The summed E-state index contributed by atoms with van der Waals surface area (Å²) in [5.74, 6) is -0.823. The largest absolute Gasteiger partial charge is 0.460 e. The van der Waals surface area contributed by atoms with E-state index >= 15 is 0 Å². The Kier molecular flexibility index (Phi) is 6.04. The number of rotatable bonds is 4. The molecule has 0 unspecified atom stereocenters. The zero-order valence-corrected chi connectivity index (χ0v) is 12.1. The molecule has 18 heavy (non-hydrogen) atoms. The van der Waals surface area contributed by atoms with Gasteiger partial charge in [-0.3, -0.25) is 9.59 Å². The topological polar surface area (TPSA) is 71.1 Å². The van der Waals surface area contributed by atoms with Crippen LogP contribution in [0.15, 0.2) is 0 Å². The van der Waals surface area contributed by atoms with Gasteiger partial charge in [-0.15, -0.1) is 0 Å². The number of alkyl halides is 1. The van der Waals surface area contributed by atoms with Gasteiger partial charge in [-0.2, -0.15) is 0 Å². The van der Waals surface area contributed by atoms with Crippen LogP contribution in [0.2, 0.25) is 0 Å². The van der Waals surface area contributed by atoms with Gasteiger partial charge in [0, 0.05) is 32.7 Å². The highest BCUT2D eigenvalue weighted by molar-refractivity contribution is 9.09. The van der Waals surface area contributed by atoms with Crippen molar-refractivity contribution in [1.29, 1.82) is 0 Å². The molecule has 0 aromatic heterocycles. The third-order valence-corrected chi connectivity index (χ3v) is 3.15. The molecule has 104 valence electrons. The van der Waals surface area contributed by atoms with Crippen LogP contribution in [-0.4, -0.2) is 49.0 Å². The van der Waals surface area contributed by atoms with Crippen LogP contribution < -0.4 is 0 Å². The molecule has 1 aliphatic heterocycles. The Balaban J connectivity index is 2.73. The maximum absolute atomic E-state index is 11.0. The summed E-state index contributed by atoms with van der Waals surface area (Å²) < 4.78 is 21.0. The smallest absolute Gasteiger partial charge is 0.303 e. The molecule has 0 aliphatic carbocycles. The Morgan fingerprint density at radius 2 is 1.78 bits per heavy atom. The Morgan fingerprint density at radius 1 is 1.22 bits per heavy atom. The zero-order valence-electron chi connectivity index (χ0n) is 10.6. The quantitative estimate of drug-likeness (QED) is 0.567. The van der Waals surface area contributed by atoms with Crippen LogP contribution in [0.5, 0.6) is 0 Å². The van der Waals surface area contributed by atoms with E-state index in [1.54, 1.807) is 0 Å². The summed E-state index contributed by atoms with van der Waals surface area (Å²) in [6.45, 7) is 2.64. The molecule has 0 bridgehead atoms. The molecule has 0 N–H and O–H groups in total. The van der Waals surface area contributed by atoms with E-state index in [1.807, 2.05) is 0 Å². The normalized spacial score (nSPS) is 31.8. The Hall–Kier alpha value is -0.660. The molecule has 0 aromatic rings. The summed E-state index contributed by atoms with van der Waals surface area (Å²) in [5, 5.41) is 0.498. The van der Waals surface area contributed by atoms with E-state index < -0.39 is 30.4 Å². The van der Waals surface area contributed by atoms with Crippen molar-refractivity contribution in [3.05, 3.63) is 0 Å². The standard InChI is InChI=1S/C11H17BrO6/c1-6(13)16-8-4-9(17-7(2)14)11(15-3)18-10(8)5-12/h8-11H,4-5H2,1-3H3/t8-,9+,10+,11-/m0/s1. The van der Waals surface area contributed by atoms with Crippen molar-refractivity contribution in [3.63, 3.8) is 0 Å². The fourth-order valence-electron chi connectivity index (χ4n) is 1.84. The highest BCUT2D eigenvalue weighted by Crippen LogP contribution is 2.26. The third kappa shape index (κ3) is 4.22. The molecule has 0 saturated carbocycles. The Labute approximate surface area is 114 Å². The number of carbonyl (C=O) groups excluding carboxylic acids is 2. The third-order valence-electron chi connectivity index (χ3n) is 2.51. The Bertz CT molecular complexity index is 280. The molecule has 0 radical (unpaired) electrons. The Morgan fingerprint density at radius 3 is 2.22 bits per heavy atom. The average Bonchev–Trinajstić information content (AvgIpc) is 2.28. The summed E-state index contributed by atoms with van der Waals surface area (Å²) in [6, 6.07) is 0. The highest BCUT2D eigenvalue weighted by atomic mass is 79.9. The van der Waals surface area contributed by atoms with Crippen molar-refractivity contribution >= 4 is 27.9 Å². The first-order valence-electron chi connectivity index (χ1n) is 5.56. The number of ether oxygens (including phenoxy) is 4. The summed E-state index contributed by atoms with van der Waals surface area (Å²) in [5.41, 5.74) is 0. The fourth-order valence-corrected chi connectivity index (χ4v) is 2.41. The minimum atomic E-state index is -0.650. The maximum atomic E-state index is 11.0. The number of methoxy groups -OCH3 is 1. The van der Waals surface area contributed by atoms with Crippen molar-refractivity contribution in [2.45, 2.75) is 44.9 Å². The fraction of sp³-hybridized carbons (Fsp3) is 0.818. The SMILES string of the molecule is CO[C@H]1O[C@H](CBr)[C@@H](OC(C)=O)C[C@H]1OC(C)=O. The van der Waals surface area contributed by atoms with Gasteiger partial charge in [-0.25, -0.2) is 0 Å². The van der Waals surface area contributed by atoms with Gasteiger partial charge in [-0.05, 0) is 0 Å². The van der Waals surface area contributed by atoms with E-state index in [0.717, 1.165) is 0 Å². The second-order valence-corrected chi connectivity index (χ2v) is 4.61. The number of halogens is 1. The molecule has 4 atom stereocenters. The second kappa shape index (κ2) is 7.06. The van der Waals surface area contributed by atoms with Gasteiger partial charge in [0.2, 0.25) is 0 Å². The first kappa shape index (κ1) is 15.4. The van der Waals surface area contributed by atoms with E-state index in [-0.39, 0.29) is 6.10 Å². The van der Waals surface area contributed by atoms with Crippen molar-refractivity contribution in [3.8, 4) is 0 Å². The predicted octanol–water partition coefficient (Wildman–Crippen LogP) is 1.01. The summed E-state index contributed by atoms with van der Waals surface area (Å²) in [7, 11) is 1.47. The molecular weight excluding hydrogens is 308 g/mol. The number of hydrogen-bond donors (Lipinski definition) is 0. The van der Waals surface area contributed by atoms with E-state index in [0.29, 0.717) is 11.8 Å². The van der Waals surface area contributed by atoms with Gasteiger partial charge >= 0.3 is 11.9 Å². The van der Waals surface area contributed by atoms with Gasteiger partial charge < -0.3 is 18.9 Å². The molecular formula is C11H17BrO6. The number of hydrogen-bond acceptors (Lipinski definition) is 6. The van der Waals surface area contributed by atoms with Gasteiger partial charge in [0.15, 0.2) is 12.4 Å². The second-order valence-electron chi connectivity index (χ2n) is 3.96. The first-order chi connectivity index (χ1) is 8.47. The van der Waals surface area contributed by atoms with Crippen molar-refractivity contribution in [2.75, 3.05) is 12.4 Å². The highest BCUT2D eigenvalue weighted by Gasteiger charge is 2.41. The first-order valence-corrected chi connectivity index (χ1v) is 6.68. The predicted molar refractivity (Wildman–Crippen MR) is 65.2 cm³/mol. The lowest BCUT2D eigenvalue weighted by Crippen LogP contribution is -2.51.